The second-order valence-corrected chi connectivity index (χ2v) is 5.04. The van der Waals surface area contributed by atoms with Crippen molar-refractivity contribution in [1.29, 1.82) is 0 Å². The molecule has 1 aliphatic rings. The maximum atomic E-state index is 12.2. The van der Waals surface area contributed by atoms with Crippen LogP contribution in [0.25, 0.3) is 0 Å². The maximum absolute atomic E-state index is 12.2. The van der Waals surface area contributed by atoms with E-state index in [9.17, 15) is 14.4 Å². The van der Waals surface area contributed by atoms with Crippen LogP contribution in [0.2, 0.25) is 0 Å². The summed E-state index contributed by atoms with van der Waals surface area (Å²) >= 11 is 0. The van der Waals surface area contributed by atoms with Gasteiger partial charge in [0.25, 0.3) is 0 Å². The number of rotatable bonds is 6. The van der Waals surface area contributed by atoms with Gasteiger partial charge >= 0.3 is 18.0 Å². The number of esters is 1. The molecule has 1 rings (SSSR count). The summed E-state index contributed by atoms with van der Waals surface area (Å²) in [4.78, 5) is 37.2. The van der Waals surface area contributed by atoms with E-state index in [0.29, 0.717) is 13.0 Å². The van der Waals surface area contributed by atoms with Gasteiger partial charge < -0.3 is 24.4 Å². The first-order valence-electron chi connectivity index (χ1n) is 6.73. The zero-order chi connectivity index (χ0) is 16.0. The highest BCUT2D eigenvalue weighted by molar-refractivity contribution is 5.77. The summed E-state index contributed by atoms with van der Waals surface area (Å²) in [6.07, 6.45) is 0.731. The molecule has 1 N–H and O–H groups in total. The number of carboxylic acids is 1. The van der Waals surface area contributed by atoms with E-state index in [1.54, 1.807) is 14.1 Å². The van der Waals surface area contributed by atoms with E-state index in [2.05, 4.69) is 4.74 Å². The number of nitrogens with zero attached hydrogens (tertiary/aromatic N) is 2. The van der Waals surface area contributed by atoms with Crippen LogP contribution in [0.4, 0.5) is 4.79 Å². The zero-order valence-electron chi connectivity index (χ0n) is 12.6. The quantitative estimate of drug-likeness (QED) is 0.695. The summed E-state index contributed by atoms with van der Waals surface area (Å²) in [6.45, 7) is 0.725. The van der Waals surface area contributed by atoms with E-state index >= 15 is 0 Å². The number of methoxy groups -OCH3 is 1. The van der Waals surface area contributed by atoms with Crippen LogP contribution in [-0.2, 0) is 19.1 Å². The molecule has 1 aliphatic heterocycles. The summed E-state index contributed by atoms with van der Waals surface area (Å²) < 4.78 is 9.68. The second kappa shape index (κ2) is 7.82. The van der Waals surface area contributed by atoms with Gasteiger partial charge in [-0.15, -0.1) is 0 Å². The Morgan fingerprint density at radius 2 is 1.95 bits per heavy atom. The van der Waals surface area contributed by atoms with E-state index in [0.717, 1.165) is 0 Å². The molecule has 8 nitrogen and oxygen atoms in total. The molecule has 0 spiro atoms. The minimum Gasteiger partial charge on any atom is -0.481 e. The molecule has 1 fully saturated rings. The number of urea groups is 1. The minimum absolute atomic E-state index is 0.115. The first kappa shape index (κ1) is 17.2. The van der Waals surface area contributed by atoms with Crippen molar-refractivity contribution in [2.45, 2.75) is 18.9 Å². The third-order valence-corrected chi connectivity index (χ3v) is 3.60. The normalized spacial score (nSPS) is 20.9. The molecule has 1 heterocycles. The monoisotopic (exact) mass is 302 g/mol. The zero-order valence-corrected chi connectivity index (χ0v) is 12.6. The van der Waals surface area contributed by atoms with Crippen LogP contribution in [-0.4, -0.2) is 79.9 Å². The molecule has 0 radical (unpaired) electrons. The van der Waals surface area contributed by atoms with Gasteiger partial charge in [0.1, 0.15) is 5.92 Å². The molecule has 0 aromatic carbocycles. The van der Waals surface area contributed by atoms with E-state index in [1.165, 1.54) is 16.9 Å². The third-order valence-electron chi connectivity index (χ3n) is 3.60. The molecule has 8 heteroatoms. The standard InChI is InChI=1S/C13H22N2O6/c1-14(6-4-5-11(16)20-3)13(19)15(2)10-8-21-7-9(10)12(17)18/h9-10H,4-8H2,1-3H3,(H,17,18). The van der Waals surface area contributed by atoms with E-state index < -0.39 is 17.9 Å². The van der Waals surface area contributed by atoms with Gasteiger partial charge in [-0.25, -0.2) is 4.79 Å². The van der Waals surface area contributed by atoms with E-state index in [4.69, 9.17) is 9.84 Å². The Hall–Kier alpha value is -1.83. The summed E-state index contributed by atoms with van der Waals surface area (Å²) in [5, 5.41) is 9.10. The Balaban J connectivity index is 2.49. The van der Waals surface area contributed by atoms with Gasteiger partial charge in [-0.3, -0.25) is 9.59 Å². The van der Waals surface area contributed by atoms with Crippen LogP contribution in [0, 0.1) is 5.92 Å². The largest absolute Gasteiger partial charge is 0.481 e. The van der Waals surface area contributed by atoms with Crippen molar-refractivity contribution >= 4 is 18.0 Å². The average molecular weight is 302 g/mol. The smallest absolute Gasteiger partial charge is 0.319 e. The molecule has 0 aromatic heterocycles. The molecule has 2 atom stereocenters. The van der Waals surface area contributed by atoms with Crippen LogP contribution in [0.1, 0.15) is 12.8 Å². The van der Waals surface area contributed by atoms with Crippen molar-refractivity contribution in [3.05, 3.63) is 0 Å². The fraction of sp³-hybridized carbons (Fsp3) is 0.769. The topological polar surface area (TPSA) is 96.4 Å². The first-order valence-corrected chi connectivity index (χ1v) is 6.73. The Kier molecular flexibility index (Phi) is 6.41. The van der Waals surface area contributed by atoms with Crippen LogP contribution >= 0.6 is 0 Å². The molecule has 0 aromatic rings. The van der Waals surface area contributed by atoms with Gasteiger partial charge in [0.05, 0.1) is 26.4 Å². The van der Waals surface area contributed by atoms with Crippen molar-refractivity contribution in [2.24, 2.45) is 5.92 Å². The molecule has 0 bridgehead atoms. The molecular formula is C13H22N2O6. The molecule has 120 valence electrons. The Bertz CT molecular complexity index is 400. The van der Waals surface area contributed by atoms with Gasteiger partial charge in [-0.2, -0.15) is 0 Å². The molecule has 1 saturated heterocycles. The van der Waals surface area contributed by atoms with Crippen molar-refractivity contribution in [1.82, 2.24) is 9.80 Å². The molecule has 2 amide bonds. The number of likely N-dealkylation sites (N-methyl/N-ethyl adjacent to an activating group) is 1. The maximum Gasteiger partial charge on any atom is 0.319 e. The van der Waals surface area contributed by atoms with Gasteiger partial charge in [-0.05, 0) is 6.42 Å². The number of hydrogen-bond acceptors (Lipinski definition) is 5. The fourth-order valence-electron chi connectivity index (χ4n) is 2.23. The summed E-state index contributed by atoms with van der Waals surface area (Å²) in [5.74, 6) is -1.99. The summed E-state index contributed by atoms with van der Waals surface area (Å²) in [5.41, 5.74) is 0. The highest BCUT2D eigenvalue weighted by Crippen LogP contribution is 2.20. The number of carbonyl (C=O) groups excluding carboxylic acids is 2. The van der Waals surface area contributed by atoms with Crippen molar-refractivity contribution in [3.63, 3.8) is 0 Å². The van der Waals surface area contributed by atoms with Gasteiger partial charge in [0, 0.05) is 27.1 Å². The van der Waals surface area contributed by atoms with Gasteiger partial charge in [0.2, 0.25) is 0 Å². The van der Waals surface area contributed by atoms with Crippen LogP contribution in [0.15, 0.2) is 0 Å². The van der Waals surface area contributed by atoms with Crippen molar-refractivity contribution < 1.29 is 29.0 Å². The van der Waals surface area contributed by atoms with Crippen LogP contribution < -0.4 is 0 Å². The van der Waals surface area contributed by atoms with E-state index in [1.807, 2.05) is 0 Å². The second-order valence-electron chi connectivity index (χ2n) is 5.04. The summed E-state index contributed by atoms with van der Waals surface area (Å²) in [6, 6.07) is -0.764. The number of hydrogen-bond donors (Lipinski definition) is 1. The molecule has 2 unspecified atom stereocenters. The number of carboxylic acid groups (broad SMARTS) is 1. The average Bonchev–Trinajstić information content (AvgIpc) is 2.94. The fourth-order valence-corrected chi connectivity index (χ4v) is 2.23. The number of amides is 2. The highest BCUT2D eigenvalue weighted by atomic mass is 16.5. The molecule has 0 saturated carbocycles. The SMILES string of the molecule is COC(=O)CCCN(C)C(=O)N(C)C1COCC1C(=O)O. The Morgan fingerprint density at radius 3 is 2.52 bits per heavy atom. The van der Waals surface area contributed by atoms with Crippen molar-refractivity contribution in [3.8, 4) is 0 Å². The lowest BCUT2D eigenvalue weighted by Gasteiger charge is -2.30. The Labute approximate surface area is 123 Å². The van der Waals surface area contributed by atoms with Gasteiger partial charge in [-0.1, -0.05) is 0 Å². The predicted molar refractivity (Wildman–Crippen MR) is 72.8 cm³/mol. The van der Waals surface area contributed by atoms with Crippen molar-refractivity contribution in [2.75, 3.05) is 41.0 Å². The minimum atomic E-state index is -0.967. The molecule has 0 aliphatic carbocycles. The third kappa shape index (κ3) is 4.59. The van der Waals surface area contributed by atoms with E-state index in [-0.39, 0.29) is 31.6 Å². The van der Waals surface area contributed by atoms with Crippen LogP contribution in [0.3, 0.4) is 0 Å². The molecular weight excluding hydrogens is 280 g/mol. The van der Waals surface area contributed by atoms with Crippen LogP contribution in [0.5, 0.6) is 0 Å². The lowest BCUT2D eigenvalue weighted by atomic mass is 10.0. The first-order chi connectivity index (χ1) is 9.88. The Morgan fingerprint density at radius 1 is 1.29 bits per heavy atom. The molecule has 21 heavy (non-hydrogen) atoms. The predicted octanol–water partition coefficient (Wildman–Crippen LogP) is 0.0228. The number of aliphatic carboxylic acids is 1. The number of carbonyl (C=O) groups is 3. The highest BCUT2D eigenvalue weighted by Gasteiger charge is 2.39. The lowest BCUT2D eigenvalue weighted by Crippen LogP contribution is -2.49. The number of ether oxygens (including phenoxy) is 2. The lowest BCUT2D eigenvalue weighted by molar-refractivity contribution is -0.143. The van der Waals surface area contributed by atoms with Gasteiger partial charge in [0.15, 0.2) is 0 Å². The summed E-state index contributed by atoms with van der Waals surface area (Å²) in [7, 11) is 4.49.